The van der Waals surface area contributed by atoms with Gasteiger partial charge >= 0.3 is 12.1 Å². The number of amides is 1. The highest BCUT2D eigenvalue weighted by Gasteiger charge is 2.06. The molecule has 0 bridgehead atoms. The molecule has 1 rings (SSSR count). The fourth-order valence-electron chi connectivity index (χ4n) is 2.06. The lowest BCUT2D eigenvalue weighted by Gasteiger charge is -2.08. The van der Waals surface area contributed by atoms with Crippen molar-refractivity contribution < 1.29 is 19.1 Å². The van der Waals surface area contributed by atoms with Crippen molar-refractivity contribution in [2.24, 2.45) is 0 Å². The molecule has 0 fully saturated rings. The van der Waals surface area contributed by atoms with Gasteiger partial charge in [-0.3, -0.25) is 4.79 Å². The van der Waals surface area contributed by atoms with Gasteiger partial charge < -0.3 is 20.1 Å². The average molecular weight is 336 g/mol. The van der Waals surface area contributed by atoms with Crippen LogP contribution in [0.1, 0.15) is 38.2 Å². The van der Waals surface area contributed by atoms with Gasteiger partial charge in [-0.25, -0.2) is 4.79 Å². The fourth-order valence-corrected chi connectivity index (χ4v) is 2.06. The van der Waals surface area contributed by atoms with Crippen LogP contribution in [0.4, 0.5) is 4.79 Å². The van der Waals surface area contributed by atoms with Gasteiger partial charge in [0.25, 0.3) is 0 Å². The van der Waals surface area contributed by atoms with Crippen LogP contribution >= 0.6 is 0 Å². The lowest BCUT2D eigenvalue weighted by atomic mass is 10.2. The first kappa shape index (κ1) is 20.0. The monoisotopic (exact) mass is 336 g/mol. The zero-order chi connectivity index (χ0) is 17.5. The van der Waals surface area contributed by atoms with Gasteiger partial charge in [0, 0.05) is 6.54 Å². The third-order valence-corrected chi connectivity index (χ3v) is 3.33. The molecule has 0 radical (unpaired) electrons. The predicted octanol–water partition coefficient (Wildman–Crippen LogP) is 2.63. The molecule has 0 aliphatic heterocycles. The van der Waals surface area contributed by atoms with Crippen LogP contribution < -0.4 is 10.6 Å². The number of alkyl carbamates (subject to hydrolysis) is 1. The molecule has 0 saturated heterocycles. The number of carbonyl (C=O) groups is 2. The highest BCUT2D eigenvalue weighted by Crippen LogP contribution is 2.00. The van der Waals surface area contributed by atoms with E-state index in [0.717, 1.165) is 44.3 Å². The number of benzene rings is 1. The lowest BCUT2D eigenvalue weighted by molar-refractivity contribution is -0.150. The van der Waals surface area contributed by atoms with E-state index in [9.17, 15) is 9.59 Å². The van der Waals surface area contributed by atoms with E-state index in [1.54, 1.807) is 0 Å². The molecule has 0 aliphatic carbocycles. The molecule has 0 unspecified atom stereocenters. The largest absolute Gasteiger partial charge is 0.428 e. The van der Waals surface area contributed by atoms with E-state index in [1.165, 1.54) is 0 Å². The van der Waals surface area contributed by atoms with Crippen LogP contribution in [0, 0.1) is 0 Å². The fraction of sp³-hybridized carbons (Fsp3) is 0.556. The van der Waals surface area contributed by atoms with Gasteiger partial charge in [-0.1, -0.05) is 43.7 Å². The molecule has 1 amide bonds. The minimum absolute atomic E-state index is 0.165. The van der Waals surface area contributed by atoms with Gasteiger partial charge in [0.2, 0.25) is 6.79 Å². The molecular formula is C18H28N2O4. The maximum absolute atomic E-state index is 11.6. The van der Waals surface area contributed by atoms with Crippen LogP contribution in [0.25, 0.3) is 0 Å². The highest BCUT2D eigenvalue weighted by molar-refractivity contribution is 5.72. The van der Waals surface area contributed by atoms with Gasteiger partial charge in [0.05, 0.1) is 6.42 Å². The zero-order valence-electron chi connectivity index (χ0n) is 14.4. The number of esters is 1. The quantitative estimate of drug-likeness (QED) is 0.349. The molecule has 1 aromatic rings. The van der Waals surface area contributed by atoms with Crippen molar-refractivity contribution in [1.82, 2.24) is 10.6 Å². The summed E-state index contributed by atoms with van der Waals surface area (Å²) < 4.78 is 9.67. The lowest BCUT2D eigenvalue weighted by Crippen LogP contribution is -2.27. The van der Waals surface area contributed by atoms with Crippen molar-refractivity contribution in [2.45, 2.75) is 39.0 Å². The van der Waals surface area contributed by atoms with Crippen LogP contribution in [0.5, 0.6) is 0 Å². The average Bonchev–Trinajstić information content (AvgIpc) is 2.58. The second-order valence-electron chi connectivity index (χ2n) is 5.47. The summed E-state index contributed by atoms with van der Waals surface area (Å²) in [5.41, 5.74) is 0.861. The van der Waals surface area contributed by atoms with Gasteiger partial charge in [0.1, 0.15) is 0 Å². The zero-order valence-corrected chi connectivity index (χ0v) is 14.4. The van der Waals surface area contributed by atoms with Crippen molar-refractivity contribution >= 4 is 12.1 Å². The van der Waals surface area contributed by atoms with Crippen LogP contribution in [0.3, 0.4) is 0 Å². The molecule has 0 saturated carbocycles. The third-order valence-electron chi connectivity index (χ3n) is 3.33. The standard InChI is InChI=1S/C18H28N2O4/c1-2-11-19-12-7-4-8-13-20-18(22)24-15-23-17(21)14-16-9-5-3-6-10-16/h3,5-6,9-10,19H,2,4,7-8,11-15H2,1H3,(H,20,22). The number of hydrogen-bond acceptors (Lipinski definition) is 5. The molecule has 0 aromatic heterocycles. The Morgan fingerprint density at radius 3 is 2.46 bits per heavy atom. The minimum Gasteiger partial charge on any atom is -0.428 e. The number of hydrogen-bond donors (Lipinski definition) is 2. The highest BCUT2D eigenvalue weighted by atomic mass is 16.7. The summed E-state index contributed by atoms with van der Waals surface area (Å²) in [6, 6.07) is 9.27. The number of rotatable bonds is 12. The van der Waals surface area contributed by atoms with Gasteiger partial charge in [0.15, 0.2) is 0 Å². The molecule has 0 aliphatic rings. The summed E-state index contributed by atoms with van der Waals surface area (Å²) in [6.45, 7) is 4.40. The van der Waals surface area contributed by atoms with Crippen molar-refractivity contribution in [3.05, 3.63) is 35.9 Å². The van der Waals surface area contributed by atoms with E-state index in [0.29, 0.717) is 6.54 Å². The molecule has 134 valence electrons. The summed E-state index contributed by atoms with van der Waals surface area (Å²) in [7, 11) is 0. The van der Waals surface area contributed by atoms with Gasteiger partial charge in [-0.05, 0) is 37.9 Å². The molecule has 6 heteroatoms. The maximum Gasteiger partial charge on any atom is 0.410 e. The molecule has 0 spiro atoms. The SMILES string of the molecule is CCCNCCCCCNC(=O)OCOC(=O)Cc1ccccc1. The summed E-state index contributed by atoms with van der Waals surface area (Å²) in [6.07, 6.45) is 3.78. The van der Waals surface area contributed by atoms with Crippen LogP contribution in [0.2, 0.25) is 0 Å². The summed E-state index contributed by atoms with van der Waals surface area (Å²) in [5, 5.41) is 5.97. The number of ether oxygens (including phenoxy) is 2. The van der Waals surface area contributed by atoms with Crippen LogP contribution in [-0.4, -0.2) is 38.5 Å². The van der Waals surface area contributed by atoms with E-state index in [4.69, 9.17) is 9.47 Å². The number of nitrogens with one attached hydrogen (secondary N) is 2. The van der Waals surface area contributed by atoms with Crippen molar-refractivity contribution in [3.63, 3.8) is 0 Å². The molecule has 1 aromatic carbocycles. The summed E-state index contributed by atoms with van der Waals surface area (Å²) >= 11 is 0. The molecular weight excluding hydrogens is 308 g/mol. The van der Waals surface area contributed by atoms with Crippen molar-refractivity contribution in [3.8, 4) is 0 Å². The molecule has 6 nitrogen and oxygen atoms in total. The number of unbranched alkanes of at least 4 members (excludes halogenated alkanes) is 2. The minimum atomic E-state index is -0.563. The predicted molar refractivity (Wildman–Crippen MR) is 92.6 cm³/mol. The second kappa shape index (κ2) is 13.4. The van der Waals surface area contributed by atoms with E-state index in [2.05, 4.69) is 17.6 Å². The first-order valence-corrected chi connectivity index (χ1v) is 8.53. The Labute approximate surface area is 143 Å². The first-order chi connectivity index (χ1) is 11.7. The topological polar surface area (TPSA) is 76.7 Å². The molecule has 24 heavy (non-hydrogen) atoms. The van der Waals surface area contributed by atoms with Gasteiger partial charge in [-0.15, -0.1) is 0 Å². The van der Waals surface area contributed by atoms with E-state index >= 15 is 0 Å². The Balaban J connectivity index is 1.95. The van der Waals surface area contributed by atoms with Crippen molar-refractivity contribution in [1.29, 1.82) is 0 Å². The normalized spacial score (nSPS) is 10.2. The number of carbonyl (C=O) groups excluding carboxylic acids is 2. The Bertz CT molecular complexity index is 465. The van der Waals surface area contributed by atoms with E-state index in [1.807, 2.05) is 30.3 Å². The molecule has 0 heterocycles. The third kappa shape index (κ3) is 10.6. The molecule has 2 N–H and O–H groups in total. The Morgan fingerprint density at radius 1 is 0.958 bits per heavy atom. The van der Waals surface area contributed by atoms with E-state index < -0.39 is 12.1 Å². The molecule has 0 atom stereocenters. The van der Waals surface area contributed by atoms with E-state index in [-0.39, 0.29) is 13.2 Å². The van der Waals surface area contributed by atoms with Crippen molar-refractivity contribution in [2.75, 3.05) is 26.4 Å². The smallest absolute Gasteiger partial charge is 0.410 e. The Morgan fingerprint density at radius 2 is 1.71 bits per heavy atom. The van der Waals surface area contributed by atoms with Crippen LogP contribution in [-0.2, 0) is 20.7 Å². The summed E-state index contributed by atoms with van der Waals surface area (Å²) in [4.78, 5) is 23.0. The maximum atomic E-state index is 11.6. The van der Waals surface area contributed by atoms with Gasteiger partial charge in [-0.2, -0.15) is 0 Å². The summed E-state index contributed by atoms with van der Waals surface area (Å²) in [5.74, 6) is -0.423. The Hall–Kier alpha value is -2.08. The second-order valence-corrected chi connectivity index (χ2v) is 5.47. The Kier molecular flexibility index (Phi) is 11.1. The van der Waals surface area contributed by atoms with Crippen LogP contribution in [0.15, 0.2) is 30.3 Å². The first-order valence-electron chi connectivity index (χ1n) is 8.53.